The molecule has 1 saturated carbocycles. The number of hydrogen-bond donors (Lipinski definition) is 2. The van der Waals surface area contributed by atoms with E-state index in [0.717, 1.165) is 23.7 Å². The SMILES string of the molecule is Cc1cc(C(=O)O)ccc1NCc1ccc(C2CCCCC2)cc1. The summed E-state index contributed by atoms with van der Waals surface area (Å²) in [7, 11) is 0. The fourth-order valence-corrected chi connectivity index (χ4v) is 3.54. The molecule has 1 aliphatic carbocycles. The van der Waals surface area contributed by atoms with E-state index in [1.165, 1.54) is 43.2 Å². The van der Waals surface area contributed by atoms with Gasteiger partial charge in [0.05, 0.1) is 5.56 Å². The smallest absolute Gasteiger partial charge is 0.335 e. The Labute approximate surface area is 143 Å². The third-order valence-corrected chi connectivity index (χ3v) is 5.01. The van der Waals surface area contributed by atoms with Gasteiger partial charge in [-0.25, -0.2) is 4.79 Å². The van der Waals surface area contributed by atoms with E-state index in [1.54, 1.807) is 12.1 Å². The zero-order chi connectivity index (χ0) is 16.9. The molecule has 2 aromatic rings. The molecule has 0 aromatic heterocycles. The molecular weight excluding hydrogens is 298 g/mol. The second kappa shape index (κ2) is 7.52. The molecule has 1 fully saturated rings. The zero-order valence-corrected chi connectivity index (χ0v) is 14.2. The molecule has 1 aliphatic rings. The second-order valence-corrected chi connectivity index (χ2v) is 6.76. The molecule has 0 bridgehead atoms. The van der Waals surface area contributed by atoms with Crippen LogP contribution in [0.5, 0.6) is 0 Å². The molecule has 0 aliphatic heterocycles. The number of hydrogen-bond acceptors (Lipinski definition) is 2. The van der Waals surface area contributed by atoms with Crippen LogP contribution in [0.2, 0.25) is 0 Å². The summed E-state index contributed by atoms with van der Waals surface area (Å²) in [5, 5.41) is 12.4. The number of aryl methyl sites for hydroxylation is 1. The van der Waals surface area contributed by atoms with Crippen LogP contribution in [0.3, 0.4) is 0 Å². The number of anilines is 1. The van der Waals surface area contributed by atoms with Crippen molar-refractivity contribution < 1.29 is 9.90 Å². The topological polar surface area (TPSA) is 49.3 Å². The largest absolute Gasteiger partial charge is 0.478 e. The van der Waals surface area contributed by atoms with E-state index in [9.17, 15) is 4.79 Å². The number of carboxylic acid groups (broad SMARTS) is 1. The summed E-state index contributed by atoms with van der Waals surface area (Å²) in [6.45, 7) is 2.68. The van der Waals surface area contributed by atoms with Crippen molar-refractivity contribution in [3.63, 3.8) is 0 Å². The number of carboxylic acids is 1. The van der Waals surface area contributed by atoms with Gasteiger partial charge in [-0.3, -0.25) is 0 Å². The molecule has 0 spiro atoms. The Morgan fingerprint density at radius 3 is 2.42 bits per heavy atom. The minimum absolute atomic E-state index is 0.329. The first kappa shape index (κ1) is 16.6. The Morgan fingerprint density at radius 2 is 1.79 bits per heavy atom. The van der Waals surface area contributed by atoms with Gasteiger partial charge in [0, 0.05) is 12.2 Å². The fraction of sp³-hybridized carbons (Fsp3) is 0.381. The maximum absolute atomic E-state index is 11.0. The number of aromatic carboxylic acids is 1. The average molecular weight is 323 g/mol. The summed E-state index contributed by atoms with van der Waals surface area (Å²) in [6.07, 6.45) is 6.76. The van der Waals surface area contributed by atoms with E-state index < -0.39 is 5.97 Å². The molecule has 3 rings (SSSR count). The number of nitrogens with one attached hydrogen (secondary N) is 1. The van der Waals surface area contributed by atoms with Crippen LogP contribution in [0.15, 0.2) is 42.5 Å². The molecule has 2 aromatic carbocycles. The normalized spacial score (nSPS) is 15.2. The van der Waals surface area contributed by atoms with E-state index in [-0.39, 0.29) is 0 Å². The first-order valence-corrected chi connectivity index (χ1v) is 8.80. The zero-order valence-electron chi connectivity index (χ0n) is 14.2. The lowest BCUT2D eigenvalue weighted by atomic mass is 9.84. The van der Waals surface area contributed by atoms with E-state index >= 15 is 0 Å². The van der Waals surface area contributed by atoms with Gasteiger partial charge in [-0.15, -0.1) is 0 Å². The predicted octanol–water partition coefficient (Wildman–Crippen LogP) is 5.35. The third kappa shape index (κ3) is 3.97. The minimum Gasteiger partial charge on any atom is -0.478 e. The summed E-state index contributed by atoms with van der Waals surface area (Å²) in [5.41, 5.74) is 4.98. The van der Waals surface area contributed by atoms with Gasteiger partial charge in [0.1, 0.15) is 0 Å². The van der Waals surface area contributed by atoms with Crippen LogP contribution in [0.1, 0.15) is 65.1 Å². The fourth-order valence-electron chi connectivity index (χ4n) is 3.54. The highest BCUT2D eigenvalue weighted by atomic mass is 16.4. The molecule has 2 N–H and O–H groups in total. The highest BCUT2D eigenvalue weighted by Gasteiger charge is 2.15. The maximum Gasteiger partial charge on any atom is 0.335 e. The van der Waals surface area contributed by atoms with Gasteiger partial charge in [0.25, 0.3) is 0 Å². The van der Waals surface area contributed by atoms with Crippen LogP contribution >= 0.6 is 0 Å². The Hall–Kier alpha value is -2.29. The van der Waals surface area contributed by atoms with Gasteiger partial charge in [-0.05, 0) is 60.6 Å². The van der Waals surface area contributed by atoms with Gasteiger partial charge in [-0.1, -0.05) is 43.5 Å². The van der Waals surface area contributed by atoms with Crippen LogP contribution in [0.4, 0.5) is 5.69 Å². The van der Waals surface area contributed by atoms with Crippen molar-refractivity contribution in [1.29, 1.82) is 0 Å². The maximum atomic E-state index is 11.0. The van der Waals surface area contributed by atoms with E-state index in [0.29, 0.717) is 5.56 Å². The Morgan fingerprint density at radius 1 is 1.08 bits per heavy atom. The van der Waals surface area contributed by atoms with Crippen molar-refractivity contribution in [2.75, 3.05) is 5.32 Å². The summed E-state index contributed by atoms with van der Waals surface area (Å²) < 4.78 is 0. The van der Waals surface area contributed by atoms with E-state index in [2.05, 4.69) is 29.6 Å². The summed E-state index contributed by atoms with van der Waals surface area (Å²) in [6, 6.07) is 14.1. The standard InChI is InChI=1S/C21H25NO2/c1-15-13-19(21(23)24)11-12-20(15)22-14-16-7-9-18(10-8-16)17-5-3-2-4-6-17/h7-13,17,22H,2-6,14H2,1H3,(H,23,24). The number of benzene rings is 2. The minimum atomic E-state index is -0.886. The molecule has 126 valence electrons. The van der Waals surface area contributed by atoms with Crippen LogP contribution in [-0.4, -0.2) is 11.1 Å². The van der Waals surface area contributed by atoms with Crippen molar-refractivity contribution in [2.45, 2.75) is 51.5 Å². The predicted molar refractivity (Wildman–Crippen MR) is 97.7 cm³/mol. The molecular formula is C21H25NO2. The van der Waals surface area contributed by atoms with Crippen LogP contribution in [-0.2, 0) is 6.54 Å². The molecule has 0 amide bonds. The van der Waals surface area contributed by atoms with E-state index in [1.807, 2.05) is 13.0 Å². The summed E-state index contributed by atoms with van der Waals surface area (Å²) in [5.74, 6) is -0.144. The highest BCUT2D eigenvalue weighted by molar-refractivity contribution is 5.88. The monoisotopic (exact) mass is 323 g/mol. The lowest BCUT2D eigenvalue weighted by molar-refractivity contribution is 0.0697. The van der Waals surface area contributed by atoms with Crippen LogP contribution in [0, 0.1) is 6.92 Å². The third-order valence-electron chi connectivity index (χ3n) is 5.01. The van der Waals surface area contributed by atoms with Crippen molar-refractivity contribution in [3.05, 3.63) is 64.7 Å². The quantitative estimate of drug-likeness (QED) is 0.779. The molecule has 0 unspecified atom stereocenters. The number of carbonyl (C=O) groups is 1. The highest BCUT2D eigenvalue weighted by Crippen LogP contribution is 2.32. The second-order valence-electron chi connectivity index (χ2n) is 6.76. The lowest BCUT2D eigenvalue weighted by Crippen LogP contribution is -2.05. The molecule has 24 heavy (non-hydrogen) atoms. The van der Waals surface area contributed by atoms with Gasteiger partial charge >= 0.3 is 5.97 Å². The van der Waals surface area contributed by atoms with E-state index in [4.69, 9.17) is 5.11 Å². The molecule has 0 radical (unpaired) electrons. The van der Waals surface area contributed by atoms with Crippen molar-refractivity contribution in [3.8, 4) is 0 Å². The van der Waals surface area contributed by atoms with Crippen molar-refractivity contribution >= 4 is 11.7 Å². The molecule has 0 atom stereocenters. The molecule has 3 heteroatoms. The first-order valence-electron chi connectivity index (χ1n) is 8.80. The van der Waals surface area contributed by atoms with Gasteiger partial charge < -0.3 is 10.4 Å². The average Bonchev–Trinajstić information content (AvgIpc) is 2.62. The van der Waals surface area contributed by atoms with Crippen molar-refractivity contribution in [2.24, 2.45) is 0 Å². The van der Waals surface area contributed by atoms with Crippen LogP contribution in [0.25, 0.3) is 0 Å². The number of rotatable bonds is 5. The molecule has 3 nitrogen and oxygen atoms in total. The Balaban J connectivity index is 1.61. The van der Waals surface area contributed by atoms with Crippen molar-refractivity contribution in [1.82, 2.24) is 0 Å². The summed E-state index contributed by atoms with van der Waals surface area (Å²) in [4.78, 5) is 11.0. The Bertz CT molecular complexity index is 700. The van der Waals surface area contributed by atoms with Gasteiger partial charge in [0.2, 0.25) is 0 Å². The molecule has 0 saturated heterocycles. The van der Waals surface area contributed by atoms with Gasteiger partial charge in [0.15, 0.2) is 0 Å². The summed E-state index contributed by atoms with van der Waals surface area (Å²) >= 11 is 0. The lowest BCUT2D eigenvalue weighted by Gasteiger charge is -2.22. The first-order chi connectivity index (χ1) is 11.6. The Kier molecular flexibility index (Phi) is 5.19. The van der Waals surface area contributed by atoms with Gasteiger partial charge in [-0.2, -0.15) is 0 Å². The molecule has 0 heterocycles. The van der Waals surface area contributed by atoms with Crippen LogP contribution < -0.4 is 5.32 Å².